The maximum Gasteiger partial charge on any atom is 0.214 e. The minimum Gasteiger partial charge on any atom is -0.216 e. The maximum atomic E-state index is 11.0. The Hall–Kier alpha value is -2.05. The fourth-order valence-electron chi connectivity index (χ4n) is 1.56. The molecule has 0 amide bonds. The summed E-state index contributed by atoms with van der Waals surface area (Å²) in [5.74, 6) is 2.66. The summed E-state index contributed by atoms with van der Waals surface area (Å²) in [6.07, 6.45) is 1.10. The van der Waals surface area contributed by atoms with Gasteiger partial charge in [-0.2, -0.15) is 0 Å². The normalized spacial score (nSPS) is 10.5. The van der Waals surface area contributed by atoms with E-state index in [1.807, 2.05) is 48.5 Å². The molecule has 0 aliphatic heterocycles. The third kappa shape index (κ3) is 3.47. The second kappa shape index (κ2) is 5.07. The molecule has 0 aromatic heterocycles. The first kappa shape index (κ1) is 12.4. The molecule has 0 N–H and O–H groups in total. The topological polar surface area (TPSA) is 34.1 Å². The second-order valence-electron chi connectivity index (χ2n) is 3.95. The number of rotatable bonds is 1. The van der Waals surface area contributed by atoms with E-state index < -0.39 is 9.84 Å². The van der Waals surface area contributed by atoms with E-state index in [0.29, 0.717) is 5.56 Å². The molecule has 2 rings (SSSR count). The molecule has 0 saturated heterocycles. The predicted molar refractivity (Wildman–Crippen MR) is 73.6 cm³/mol. The van der Waals surface area contributed by atoms with Gasteiger partial charge in [0.1, 0.15) is 0 Å². The molecular weight excluding hydrogens is 244 g/mol. The van der Waals surface area contributed by atoms with Crippen molar-refractivity contribution in [3.8, 4) is 22.3 Å². The van der Waals surface area contributed by atoms with E-state index >= 15 is 0 Å². The van der Waals surface area contributed by atoms with Gasteiger partial charge >= 0.3 is 0 Å². The molecule has 90 valence electrons. The van der Waals surface area contributed by atoms with Crippen LogP contribution in [0.25, 0.3) is 11.1 Å². The van der Waals surface area contributed by atoms with E-state index in [-0.39, 0.29) is 0 Å². The molecule has 2 nitrogen and oxygen atoms in total. The van der Waals surface area contributed by atoms with E-state index in [4.69, 9.17) is 0 Å². The first-order valence-corrected chi connectivity index (χ1v) is 7.32. The molecule has 0 unspecified atom stereocenters. The Morgan fingerprint density at radius 3 is 2.22 bits per heavy atom. The Labute approximate surface area is 107 Å². The Morgan fingerprint density at radius 1 is 0.889 bits per heavy atom. The van der Waals surface area contributed by atoms with Gasteiger partial charge < -0.3 is 0 Å². The molecular formula is C15H12O2S. The van der Waals surface area contributed by atoms with Crippen LogP contribution in [0.5, 0.6) is 0 Å². The van der Waals surface area contributed by atoms with Gasteiger partial charge in [0.15, 0.2) is 0 Å². The molecule has 3 heteroatoms. The van der Waals surface area contributed by atoms with Gasteiger partial charge in [-0.15, -0.1) is 0 Å². The van der Waals surface area contributed by atoms with E-state index in [0.717, 1.165) is 17.4 Å². The van der Waals surface area contributed by atoms with Crippen LogP contribution in [0, 0.1) is 11.2 Å². The Morgan fingerprint density at radius 2 is 1.56 bits per heavy atom. The highest BCUT2D eigenvalue weighted by Crippen LogP contribution is 2.19. The average molecular weight is 256 g/mol. The minimum atomic E-state index is -3.26. The van der Waals surface area contributed by atoms with E-state index in [1.54, 1.807) is 6.07 Å². The summed E-state index contributed by atoms with van der Waals surface area (Å²) in [4.78, 5) is 0. The molecule has 0 radical (unpaired) electrons. The molecule has 0 atom stereocenters. The van der Waals surface area contributed by atoms with Gasteiger partial charge in [0.05, 0.1) is 6.26 Å². The van der Waals surface area contributed by atoms with Crippen molar-refractivity contribution in [1.29, 1.82) is 0 Å². The highest BCUT2D eigenvalue weighted by atomic mass is 32.2. The Kier molecular flexibility index (Phi) is 3.50. The maximum absolute atomic E-state index is 11.0. The highest BCUT2D eigenvalue weighted by molar-refractivity contribution is 7.95. The number of sulfone groups is 1. The van der Waals surface area contributed by atoms with E-state index in [1.165, 1.54) is 0 Å². The van der Waals surface area contributed by atoms with Gasteiger partial charge in [0.2, 0.25) is 9.84 Å². The minimum absolute atomic E-state index is 0.696. The van der Waals surface area contributed by atoms with Crippen LogP contribution >= 0.6 is 0 Å². The molecule has 0 bridgehead atoms. The molecule has 0 saturated carbocycles. The van der Waals surface area contributed by atoms with E-state index in [9.17, 15) is 8.42 Å². The standard InChI is InChI=1S/C15H12O2S/c1-18(16,17)11-10-13-6-5-9-15(12-13)14-7-3-2-4-8-14/h2-9,12H,1H3. The summed E-state index contributed by atoms with van der Waals surface area (Å²) in [7, 11) is -3.26. The van der Waals surface area contributed by atoms with Crippen LogP contribution in [0.15, 0.2) is 54.6 Å². The lowest BCUT2D eigenvalue weighted by atomic mass is 10.0. The van der Waals surface area contributed by atoms with Crippen molar-refractivity contribution in [3.05, 3.63) is 60.2 Å². The van der Waals surface area contributed by atoms with Gasteiger partial charge in [0, 0.05) is 10.8 Å². The molecule has 0 fully saturated rings. The van der Waals surface area contributed by atoms with Crippen molar-refractivity contribution in [3.63, 3.8) is 0 Å². The lowest BCUT2D eigenvalue weighted by Gasteiger charge is -2.01. The molecule has 2 aromatic carbocycles. The van der Waals surface area contributed by atoms with Crippen molar-refractivity contribution >= 4 is 9.84 Å². The summed E-state index contributed by atoms with van der Waals surface area (Å²) in [6, 6.07) is 17.4. The number of hydrogen-bond acceptors (Lipinski definition) is 2. The highest BCUT2D eigenvalue weighted by Gasteiger charge is 1.97. The Bertz CT molecular complexity index is 705. The number of hydrogen-bond donors (Lipinski definition) is 0. The molecule has 2 aromatic rings. The van der Waals surface area contributed by atoms with Crippen LogP contribution < -0.4 is 0 Å². The monoisotopic (exact) mass is 256 g/mol. The van der Waals surface area contributed by atoms with Crippen LogP contribution in [0.2, 0.25) is 0 Å². The summed E-state index contributed by atoms with van der Waals surface area (Å²) >= 11 is 0. The summed E-state index contributed by atoms with van der Waals surface area (Å²) in [5, 5.41) is 2.24. The van der Waals surface area contributed by atoms with Crippen LogP contribution in [0.1, 0.15) is 5.56 Å². The van der Waals surface area contributed by atoms with Gasteiger partial charge in [-0.25, -0.2) is 8.42 Å². The molecule has 0 spiro atoms. The van der Waals surface area contributed by atoms with Crippen LogP contribution in [0.4, 0.5) is 0 Å². The molecule has 0 aliphatic rings. The lowest BCUT2D eigenvalue weighted by Crippen LogP contribution is -1.89. The van der Waals surface area contributed by atoms with Gasteiger partial charge in [-0.3, -0.25) is 0 Å². The zero-order valence-electron chi connectivity index (χ0n) is 9.92. The summed E-state index contributed by atoms with van der Waals surface area (Å²) in [6.45, 7) is 0. The molecule has 18 heavy (non-hydrogen) atoms. The van der Waals surface area contributed by atoms with Crippen LogP contribution in [-0.4, -0.2) is 14.7 Å². The second-order valence-corrected chi connectivity index (χ2v) is 5.69. The fourth-order valence-corrected chi connectivity index (χ4v) is 1.86. The predicted octanol–water partition coefficient (Wildman–Crippen LogP) is 2.71. The van der Waals surface area contributed by atoms with E-state index in [2.05, 4.69) is 11.2 Å². The molecule has 0 aliphatic carbocycles. The van der Waals surface area contributed by atoms with Crippen molar-refractivity contribution in [2.45, 2.75) is 0 Å². The van der Waals surface area contributed by atoms with Crippen LogP contribution in [0.3, 0.4) is 0 Å². The third-order valence-electron chi connectivity index (χ3n) is 2.35. The van der Waals surface area contributed by atoms with Gasteiger partial charge in [-0.05, 0) is 23.3 Å². The quantitative estimate of drug-likeness (QED) is 0.735. The average Bonchev–Trinajstić information content (AvgIpc) is 2.37. The van der Waals surface area contributed by atoms with Crippen molar-refractivity contribution in [2.75, 3.05) is 6.26 Å². The van der Waals surface area contributed by atoms with Crippen molar-refractivity contribution in [1.82, 2.24) is 0 Å². The smallest absolute Gasteiger partial charge is 0.214 e. The van der Waals surface area contributed by atoms with Gasteiger partial charge in [-0.1, -0.05) is 48.4 Å². The molecule has 0 heterocycles. The third-order valence-corrected chi connectivity index (χ3v) is 2.82. The summed E-state index contributed by atoms with van der Waals surface area (Å²) in [5.41, 5.74) is 2.80. The Balaban J connectivity index is 2.40. The van der Waals surface area contributed by atoms with Gasteiger partial charge in [0.25, 0.3) is 0 Å². The lowest BCUT2D eigenvalue weighted by molar-refractivity contribution is 0.611. The zero-order chi connectivity index (χ0) is 13.0. The number of benzene rings is 2. The fraction of sp³-hybridized carbons (Fsp3) is 0.0667. The summed E-state index contributed by atoms with van der Waals surface area (Å²) < 4.78 is 22.0. The van der Waals surface area contributed by atoms with Crippen LogP contribution in [-0.2, 0) is 9.84 Å². The van der Waals surface area contributed by atoms with Crippen molar-refractivity contribution < 1.29 is 8.42 Å². The first-order valence-electron chi connectivity index (χ1n) is 5.43. The SMILES string of the molecule is CS(=O)(=O)C#Cc1cccc(-c2ccccc2)c1. The zero-order valence-corrected chi connectivity index (χ0v) is 10.7. The first-order chi connectivity index (χ1) is 8.54. The van der Waals surface area contributed by atoms with Crippen molar-refractivity contribution in [2.24, 2.45) is 0 Å². The largest absolute Gasteiger partial charge is 0.216 e.